The summed E-state index contributed by atoms with van der Waals surface area (Å²) in [7, 11) is 0. The van der Waals surface area contributed by atoms with E-state index in [1.807, 2.05) is 27.7 Å². The molecule has 1 saturated carbocycles. The summed E-state index contributed by atoms with van der Waals surface area (Å²) in [5.41, 5.74) is 4.51. The van der Waals surface area contributed by atoms with Crippen molar-refractivity contribution in [1.29, 1.82) is 0 Å². The van der Waals surface area contributed by atoms with Crippen molar-refractivity contribution in [2.75, 3.05) is 6.61 Å². The van der Waals surface area contributed by atoms with E-state index < -0.39 is 17.2 Å². The molecule has 5 nitrogen and oxygen atoms in total. The number of hydrogen-bond donors (Lipinski definition) is 3. The minimum atomic E-state index is -0.681. The lowest BCUT2D eigenvalue weighted by molar-refractivity contribution is 0.0423. The maximum atomic E-state index is 12.0. The van der Waals surface area contributed by atoms with Gasteiger partial charge in [-0.3, -0.25) is 0 Å². The molecule has 0 aromatic carbocycles. The van der Waals surface area contributed by atoms with E-state index in [0.717, 1.165) is 25.7 Å². The van der Waals surface area contributed by atoms with E-state index in [1.54, 1.807) is 0 Å². The van der Waals surface area contributed by atoms with E-state index in [4.69, 9.17) is 10.5 Å². The number of carbonyl (C=O) groups is 1. The second-order valence-electron chi connectivity index (χ2n) is 7.10. The summed E-state index contributed by atoms with van der Waals surface area (Å²) < 4.78 is 5.32. The van der Waals surface area contributed by atoms with Crippen molar-refractivity contribution < 1.29 is 14.6 Å². The lowest BCUT2D eigenvalue weighted by Gasteiger charge is -2.37. The molecule has 1 amide bonds. The summed E-state index contributed by atoms with van der Waals surface area (Å²) in [5, 5.41) is 12.3. The standard InChI is InChI=1S/C14H28N2O3/c1-12(2,3)19-11(18)16-14(7-5-6-8-14)9-13(4,15)10-17/h17H,5-10,15H2,1-4H3,(H,16,18). The molecule has 1 atom stereocenters. The van der Waals surface area contributed by atoms with Crippen molar-refractivity contribution in [3.63, 3.8) is 0 Å². The van der Waals surface area contributed by atoms with Gasteiger partial charge in [-0.15, -0.1) is 0 Å². The normalized spacial score (nSPS) is 21.8. The van der Waals surface area contributed by atoms with Crippen molar-refractivity contribution >= 4 is 6.09 Å². The molecular formula is C14H28N2O3. The molecule has 0 radical (unpaired) electrons. The zero-order valence-electron chi connectivity index (χ0n) is 12.6. The maximum Gasteiger partial charge on any atom is 0.408 e. The first kappa shape index (κ1) is 16.2. The minimum Gasteiger partial charge on any atom is -0.444 e. The third-order valence-corrected chi connectivity index (χ3v) is 3.43. The van der Waals surface area contributed by atoms with Crippen LogP contribution in [0.4, 0.5) is 4.79 Å². The topological polar surface area (TPSA) is 84.6 Å². The van der Waals surface area contributed by atoms with Gasteiger partial charge in [-0.2, -0.15) is 0 Å². The van der Waals surface area contributed by atoms with Crippen molar-refractivity contribution in [3.05, 3.63) is 0 Å². The number of alkyl carbamates (subject to hydrolysis) is 1. The first-order chi connectivity index (χ1) is 8.58. The molecule has 19 heavy (non-hydrogen) atoms. The Kier molecular flexibility index (Phi) is 4.85. The van der Waals surface area contributed by atoms with Crippen LogP contribution < -0.4 is 11.1 Å². The summed E-state index contributed by atoms with van der Waals surface area (Å²) in [4.78, 5) is 12.0. The van der Waals surface area contributed by atoms with Gasteiger partial charge in [0.15, 0.2) is 0 Å². The molecule has 1 fully saturated rings. The summed E-state index contributed by atoms with van der Waals surface area (Å²) in [6.07, 6.45) is 4.07. The smallest absolute Gasteiger partial charge is 0.408 e. The number of aliphatic hydroxyl groups is 1. The fourth-order valence-corrected chi connectivity index (χ4v) is 2.75. The predicted molar refractivity (Wildman–Crippen MR) is 74.9 cm³/mol. The average Bonchev–Trinajstić information content (AvgIpc) is 2.62. The van der Waals surface area contributed by atoms with Crippen LogP contribution in [0.2, 0.25) is 0 Å². The largest absolute Gasteiger partial charge is 0.444 e. The average molecular weight is 272 g/mol. The van der Waals surface area contributed by atoms with Crippen LogP contribution in [0.1, 0.15) is 59.8 Å². The van der Waals surface area contributed by atoms with Crippen molar-refractivity contribution in [3.8, 4) is 0 Å². The number of aliphatic hydroxyl groups excluding tert-OH is 1. The Balaban J connectivity index is 2.70. The molecular weight excluding hydrogens is 244 g/mol. The fraction of sp³-hybridized carbons (Fsp3) is 0.929. The Morgan fingerprint density at radius 1 is 1.32 bits per heavy atom. The molecule has 0 heterocycles. The van der Waals surface area contributed by atoms with Gasteiger partial charge >= 0.3 is 6.09 Å². The third kappa shape index (κ3) is 5.37. The maximum absolute atomic E-state index is 12.0. The molecule has 4 N–H and O–H groups in total. The minimum absolute atomic E-state index is 0.0925. The van der Waals surface area contributed by atoms with Gasteiger partial charge in [0.2, 0.25) is 0 Å². The van der Waals surface area contributed by atoms with Crippen LogP contribution in [0.5, 0.6) is 0 Å². The summed E-state index contributed by atoms with van der Waals surface area (Å²) in [6.45, 7) is 7.24. The molecule has 0 bridgehead atoms. The van der Waals surface area contributed by atoms with E-state index in [-0.39, 0.29) is 12.1 Å². The zero-order chi connectivity index (χ0) is 14.7. The van der Waals surface area contributed by atoms with Gasteiger partial charge in [0, 0.05) is 11.1 Å². The Hall–Kier alpha value is -0.810. The van der Waals surface area contributed by atoms with Gasteiger partial charge in [-0.05, 0) is 47.0 Å². The molecule has 1 unspecified atom stereocenters. The number of rotatable bonds is 4. The number of ether oxygens (including phenoxy) is 1. The lowest BCUT2D eigenvalue weighted by atomic mass is 9.83. The van der Waals surface area contributed by atoms with Gasteiger partial charge in [0.05, 0.1) is 6.61 Å². The van der Waals surface area contributed by atoms with Crippen LogP contribution in [0.25, 0.3) is 0 Å². The molecule has 1 aliphatic carbocycles. The summed E-state index contributed by atoms with van der Waals surface area (Å²) in [5.74, 6) is 0. The zero-order valence-corrected chi connectivity index (χ0v) is 12.6. The van der Waals surface area contributed by atoms with E-state index >= 15 is 0 Å². The Morgan fingerprint density at radius 2 is 1.84 bits per heavy atom. The molecule has 1 rings (SSSR count). The quantitative estimate of drug-likeness (QED) is 0.730. The van der Waals surface area contributed by atoms with E-state index in [2.05, 4.69) is 5.32 Å². The molecule has 0 aromatic heterocycles. The van der Waals surface area contributed by atoms with Crippen LogP contribution in [0.15, 0.2) is 0 Å². The number of hydrogen-bond acceptors (Lipinski definition) is 4. The van der Waals surface area contributed by atoms with Crippen LogP contribution in [0, 0.1) is 0 Å². The highest BCUT2D eigenvalue weighted by Crippen LogP contribution is 2.35. The van der Waals surface area contributed by atoms with Crippen molar-refractivity contribution in [2.24, 2.45) is 5.73 Å². The van der Waals surface area contributed by atoms with Gasteiger partial charge in [-0.1, -0.05) is 12.8 Å². The van der Waals surface area contributed by atoms with Gasteiger partial charge in [0.25, 0.3) is 0 Å². The molecule has 112 valence electrons. The highest BCUT2D eigenvalue weighted by molar-refractivity contribution is 5.68. The van der Waals surface area contributed by atoms with E-state index in [9.17, 15) is 9.90 Å². The monoisotopic (exact) mass is 272 g/mol. The van der Waals surface area contributed by atoms with Crippen LogP contribution in [0.3, 0.4) is 0 Å². The Bertz CT molecular complexity index is 315. The third-order valence-electron chi connectivity index (χ3n) is 3.43. The number of nitrogens with one attached hydrogen (secondary N) is 1. The van der Waals surface area contributed by atoms with Crippen LogP contribution >= 0.6 is 0 Å². The molecule has 1 aliphatic rings. The molecule has 5 heteroatoms. The number of carbonyl (C=O) groups excluding carboxylic acids is 1. The van der Waals surface area contributed by atoms with Gasteiger partial charge in [0.1, 0.15) is 5.60 Å². The predicted octanol–water partition coefficient (Wildman–Crippen LogP) is 1.92. The first-order valence-electron chi connectivity index (χ1n) is 6.99. The SMILES string of the molecule is CC(N)(CO)CC1(NC(=O)OC(C)(C)C)CCCC1. The highest BCUT2D eigenvalue weighted by Gasteiger charge is 2.41. The van der Waals surface area contributed by atoms with Crippen molar-refractivity contribution in [2.45, 2.75) is 76.5 Å². The van der Waals surface area contributed by atoms with Gasteiger partial charge < -0.3 is 20.9 Å². The van der Waals surface area contributed by atoms with E-state index in [1.165, 1.54) is 0 Å². The molecule has 0 aliphatic heterocycles. The first-order valence-corrected chi connectivity index (χ1v) is 6.99. The van der Waals surface area contributed by atoms with E-state index in [0.29, 0.717) is 6.42 Å². The second-order valence-corrected chi connectivity index (χ2v) is 7.10. The number of amides is 1. The number of nitrogens with two attached hydrogens (primary N) is 1. The van der Waals surface area contributed by atoms with Gasteiger partial charge in [-0.25, -0.2) is 4.79 Å². The molecule has 0 saturated heterocycles. The van der Waals surface area contributed by atoms with Crippen LogP contribution in [-0.4, -0.2) is 34.5 Å². The highest BCUT2D eigenvalue weighted by atomic mass is 16.6. The Morgan fingerprint density at radius 3 is 2.26 bits per heavy atom. The fourth-order valence-electron chi connectivity index (χ4n) is 2.75. The van der Waals surface area contributed by atoms with Crippen molar-refractivity contribution in [1.82, 2.24) is 5.32 Å². The lowest BCUT2D eigenvalue weighted by Crippen LogP contribution is -2.55. The summed E-state index contributed by atoms with van der Waals surface area (Å²) >= 11 is 0. The molecule has 0 spiro atoms. The second kappa shape index (κ2) is 5.67. The van der Waals surface area contributed by atoms with Crippen LogP contribution in [-0.2, 0) is 4.74 Å². The summed E-state index contributed by atoms with van der Waals surface area (Å²) in [6, 6.07) is 0. The Labute approximate surface area is 115 Å². The molecule has 0 aromatic rings.